The molecule has 0 saturated carbocycles. The number of carbonyl (C=O) groups excluding carboxylic acids is 2. The Morgan fingerprint density at radius 2 is 1.88 bits per heavy atom. The summed E-state index contributed by atoms with van der Waals surface area (Å²) in [5.74, 6) is -1.50. The zero-order valence-corrected chi connectivity index (χ0v) is 18.7. The van der Waals surface area contributed by atoms with Crippen molar-refractivity contribution in [2.45, 2.75) is 13.8 Å². The van der Waals surface area contributed by atoms with Crippen LogP contribution in [0.15, 0.2) is 54.1 Å². The number of ether oxygens (including phenoxy) is 1. The van der Waals surface area contributed by atoms with E-state index in [1.807, 2.05) is 43.3 Å². The molecule has 1 N–H and O–H groups in total. The van der Waals surface area contributed by atoms with Gasteiger partial charge in [0.05, 0.1) is 21.4 Å². The maximum absolute atomic E-state index is 12.4. The molecule has 7 nitrogen and oxygen atoms in total. The molecule has 3 aromatic rings. The van der Waals surface area contributed by atoms with Crippen LogP contribution in [0.1, 0.15) is 17.0 Å². The van der Waals surface area contributed by atoms with Crippen molar-refractivity contribution in [1.82, 2.24) is 9.78 Å². The van der Waals surface area contributed by atoms with E-state index in [4.69, 9.17) is 27.9 Å². The second kappa shape index (κ2) is 10.1. The minimum atomic E-state index is -0.914. The van der Waals surface area contributed by atoms with Crippen LogP contribution in [0.2, 0.25) is 10.0 Å². The highest BCUT2D eigenvalue weighted by molar-refractivity contribution is 6.42. The number of hydrogen-bond acceptors (Lipinski definition) is 5. The maximum atomic E-state index is 12.4. The lowest BCUT2D eigenvalue weighted by Crippen LogP contribution is -2.21. The molecule has 0 bridgehead atoms. The Kier molecular flexibility index (Phi) is 7.31. The van der Waals surface area contributed by atoms with Gasteiger partial charge in [-0.3, -0.25) is 4.79 Å². The minimum Gasteiger partial charge on any atom is -0.451 e. The predicted octanol–water partition coefficient (Wildman–Crippen LogP) is 4.88. The number of nitriles is 1. The van der Waals surface area contributed by atoms with Crippen LogP contribution in [0.5, 0.6) is 0 Å². The normalized spacial score (nSPS) is 11.0. The van der Waals surface area contributed by atoms with Gasteiger partial charge in [0.25, 0.3) is 5.91 Å². The van der Waals surface area contributed by atoms with Gasteiger partial charge in [-0.25, -0.2) is 9.48 Å². The van der Waals surface area contributed by atoms with Gasteiger partial charge in [0, 0.05) is 16.9 Å². The van der Waals surface area contributed by atoms with Gasteiger partial charge >= 0.3 is 5.97 Å². The fourth-order valence-electron chi connectivity index (χ4n) is 2.95. The van der Waals surface area contributed by atoms with E-state index in [-0.39, 0.29) is 10.6 Å². The Balaban J connectivity index is 1.71. The van der Waals surface area contributed by atoms with Crippen molar-refractivity contribution in [3.8, 4) is 11.8 Å². The van der Waals surface area contributed by atoms with E-state index >= 15 is 0 Å². The second-order valence-electron chi connectivity index (χ2n) is 6.75. The molecule has 0 saturated heterocycles. The molecule has 9 heteroatoms. The molecular formula is C23H18Cl2N4O3. The number of aryl methyl sites for hydroxylation is 1. The molecule has 0 fully saturated rings. The number of halogens is 2. The molecule has 0 aliphatic heterocycles. The summed E-state index contributed by atoms with van der Waals surface area (Å²) < 4.78 is 6.73. The Labute approximate surface area is 194 Å². The molecule has 0 atom stereocenters. The molecule has 0 aliphatic rings. The SMILES string of the molecule is Cc1nn(-c2ccccc2)c(C)c1/C=C(\C#N)C(=O)OCC(=O)Nc1ccc(Cl)c(Cl)c1. The fourth-order valence-corrected chi connectivity index (χ4v) is 3.24. The molecule has 0 aliphatic carbocycles. The number of nitrogens with one attached hydrogen (secondary N) is 1. The van der Waals surface area contributed by atoms with Crippen molar-refractivity contribution in [3.05, 3.63) is 81.1 Å². The van der Waals surface area contributed by atoms with Crippen molar-refractivity contribution >= 4 is 46.8 Å². The van der Waals surface area contributed by atoms with Crippen molar-refractivity contribution in [2.75, 3.05) is 11.9 Å². The standard InChI is InChI=1S/C23H18Cl2N4O3/c1-14-19(15(2)29(28-14)18-6-4-3-5-7-18)10-16(12-26)23(31)32-13-22(30)27-17-8-9-20(24)21(25)11-17/h3-11H,13H2,1-2H3,(H,27,30)/b16-10+. The van der Waals surface area contributed by atoms with E-state index in [9.17, 15) is 14.9 Å². The summed E-state index contributed by atoms with van der Waals surface area (Å²) in [5.41, 5.74) is 3.04. The molecule has 3 rings (SSSR count). The van der Waals surface area contributed by atoms with Gasteiger partial charge in [0.15, 0.2) is 6.61 Å². The smallest absolute Gasteiger partial charge is 0.349 e. The third-order valence-corrected chi connectivity index (χ3v) is 5.25. The molecule has 1 aromatic heterocycles. The van der Waals surface area contributed by atoms with Gasteiger partial charge in [0.2, 0.25) is 0 Å². The molecule has 1 amide bonds. The second-order valence-corrected chi connectivity index (χ2v) is 7.57. The Bertz CT molecular complexity index is 1240. The highest BCUT2D eigenvalue weighted by Crippen LogP contribution is 2.25. The zero-order valence-electron chi connectivity index (χ0n) is 17.2. The lowest BCUT2D eigenvalue weighted by atomic mass is 10.1. The third-order valence-electron chi connectivity index (χ3n) is 4.51. The molecule has 1 heterocycles. The van der Waals surface area contributed by atoms with Gasteiger partial charge in [-0.2, -0.15) is 10.4 Å². The highest BCUT2D eigenvalue weighted by atomic mass is 35.5. The number of nitrogens with zero attached hydrogens (tertiary/aromatic N) is 3. The Morgan fingerprint density at radius 3 is 2.53 bits per heavy atom. The lowest BCUT2D eigenvalue weighted by molar-refractivity contribution is -0.142. The summed E-state index contributed by atoms with van der Waals surface area (Å²) in [6.45, 7) is 3.05. The zero-order chi connectivity index (χ0) is 23.3. The van der Waals surface area contributed by atoms with Gasteiger partial charge < -0.3 is 10.1 Å². The van der Waals surface area contributed by atoms with Crippen molar-refractivity contribution in [1.29, 1.82) is 5.26 Å². The van der Waals surface area contributed by atoms with Crippen LogP contribution >= 0.6 is 23.2 Å². The quantitative estimate of drug-likeness (QED) is 0.315. The van der Waals surface area contributed by atoms with Gasteiger partial charge in [-0.1, -0.05) is 41.4 Å². The molecule has 0 spiro atoms. The van der Waals surface area contributed by atoms with Gasteiger partial charge in [-0.15, -0.1) is 0 Å². The Hall–Kier alpha value is -3.60. The van der Waals surface area contributed by atoms with E-state index in [1.165, 1.54) is 18.2 Å². The van der Waals surface area contributed by atoms with E-state index in [1.54, 1.807) is 17.7 Å². The maximum Gasteiger partial charge on any atom is 0.349 e. The number of amides is 1. The first-order valence-corrected chi connectivity index (χ1v) is 10.2. The number of rotatable bonds is 6. The minimum absolute atomic E-state index is 0.244. The largest absolute Gasteiger partial charge is 0.451 e. The van der Waals surface area contributed by atoms with Gasteiger partial charge in [-0.05, 0) is 50.3 Å². The lowest BCUT2D eigenvalue weighted by Gasteiger charge is -2.07. The van der Waals surface area contributed by atoms with Crippen LogP contribution in [0.4, 0.5) is 5.69 Å². The average Bonchev–Trinajstić information content (AvgIpc) is 3.06. The summed E-state index contributed by atoms with van der Waals surface area (Å²) >= 11 is 11.7. The average molecular weight is 469 g/mol. The molecule has 2 aromatic carbocycles. The van der Waals surface area contributed by atoms with Crippen LogP contribution < -0.4 is 5.32 Å². The Morgan fingerprint density at radius 1 is 1.16 bits per heavy atom. The molecule has 32 heavy (non-hydrogen) atoms. The van der Waals surface area contributed by atoms with Crippen LogP contribution in [0.3, 0.4) is 0 Å². The molecule has 0 unspecified atom stereocenters. The van der Waals surface area contributed by atoms with Crippen molar-refractivity contribution < 1.29 is 14.3 Å². The predicted molar refractivity (Wildman–Crippen MR) is 123 cm³/mol. The van der Waals surface area contributed by atoms with Crippen LogP contribution in [0.25, 0.3) is 11.8 Å². The van der Waals surface area contributed by atoms with E-state index in [0.29, 0.717) is 22.0 Å². The van der Waals surface area contributed by atoms with E-state index in [0.717, 1.165) is 11.4 Å². The first-order valence-electron chi connectivity index (χ1n) is 9.45. The number of carbonyl (C=O) groups is 2. The summed E-state index contributed by atoms with van der Waals surface area (Å²) in [5, 5.41) is 17.1. The summed E-state index contributed by atoms with van der Waals surface area (Å²) in [4.78, 5) is 24.4. The molecular weight excluding hydrogens is 451 g/mol. The van der Waals surface area contributed by atoms with E-state index < -0.39 is 18.5 Å². The number of aromatic nitrogens is 2. The van der Waals surface area contributed by atoms with Crippen molar-refractivity contribution in [3.63, 3.8) is 0 Å². The number of anilines is 1. The third kappa shape index (κ3) is 5.35. The first-order chi connectivity index (χ1) is 15.3. The molecule has 162 valence electrons. The first kappa shape index (κ1) is 23.1. The van der Waals surface area contributed by atoms with E-state index in [2.05, 4.69) is 10.4 Å². The van der Waals surface area contributed by atoms with Crippen LogP contribution in [-0.2, 0) is 14.3 Å². The van der Waals surface area contributed by atoms with Crippen LogP contribution in [0, 0.1) is 25.2 Å². The monoisotopic (exact) mass is 468 g/mol. The summed E-state index contributed by atoms with van der Waals surface area (Å²) in [6, 6.07) is 15.9. The molecule has 0 radical (unpaired) electrons. The van der Waals surface area contributed by atoms with Crippen LogP contribution in [-0.4, -0.2) is 28.3 Å². The fraction of sp³-hybridized carbons (Fsp3) is 0.130. The number of hydrogen-bond donors (Lipinski definition) is 1. The topological polar surface area (TPSA) is 97.0 Å². The van der Waals surface area contributed by atoms with Crippen molar-refractivity contribution in [2.24, 2.45) is 0 Å². The number of para-hydroxylation sites is 1. The number of benzene rings is 2. The summed E-state index contributed by atoms with van der Waals surface area (Å²) in [6.07, 6.45) is 1.41. The van der Waals surface area contributed by atoms with Gasteiger partial charge in [0.1, 0.15) is 11.6 Å². The highest BCUT2D eigenvalue weighted by Gasteiger charge is 2.17. The summed E-state index contributed by atoms with van der Waals surface area (Å²) in [7, 11) is 0. The number of esters is 1.